The molecule has 0 aliphatic carbocycles. The SMILES string of the molecule is O=C(O)c1ccccc1-c1nc2ccc(F)cc2o1. The van der Waals surface area contributed by atoms with Crippen molar-refractivity contribution in [2.45, 2.75) is 0 Å². The van der Waals surface area contributed by atoms with E-state index in [1.165, 1.54) is 24.3 Å². The van der Waals surface area contributed by atoms with Crippen LogP contribution in [0, 0.1) is 5.82 Å². The molecule has 0 spiro atoms. The number of hydrogen-bond donors (Lipinski definition) is 1. The van der Waals surface area contributed by atoms with E-state index in [4.69, 9.17) is 9.52 Å². The predicted molar refractivity (Wildman–Crippen MR) is 66.4 cm³/mol. The average molecular weight is 257 g/mol. The fraction of sp³-hybridized carbons (Fsp3) is 0. The fourth-order valence-electron chi connectivity index (χ4n) is 1.87. The summed E-state index contributed by atoms with van der Waals surface area (Å²) in [7, 11) is 0. The van der Waals surface area contributed by atoms with Crippen LogP contribution in [0.4, 0.5) is 4.39 Å². The molecule has 19 heavy (non-hydrogen) atoms. The second-order valence-electron chi connectivity index (χ2n) is 3.98. The topological polar surface area (TPSA) is 63.3 Å². The van der Waals surface area contributed by atoms with Crippen molar-refractivity contribution in [1.82, 2.24) is 4.98 Å². The number of aromatic nitrogens is 1. The summed E-state index contributed by atoms with van der Waals surface area (Å²) >= 11 is 0. The van der Waals surface area contributed by atoms with E-state index in [2.05, 4.69) is 4.98 Å². The number of carboxylic acid groups (broad SMARTS) is 1. The lowest BCUT2D eigenvalue weighted by molar-refractivity contribution is 0.0697. The molecule has 0 radical (unpaired) electrons. The number of rotatable bonds is 2. The number of nitrogens with zero attached hydrogens (tertiary/aromatic N) is 1. The molecule has 3 aromatic rings. The highest BCUT2D eigenvalue weighted by Gasteiger charge is 2.16. The Morgan fingerprint density at radius 2 is 2.00 bits per heavy atom. The first-order valence-electron chi connectivity index (χ1n) is 5.54. The van der Waals surface area contributed by atoms with Crippen molar-refractivity contribution in [2.75, 3.05) is 0 Å². The minimum atomic E-state index is -1.07. The Kier molecular flexibility index (Phi) is 2.52. The third kappa shape index (κ3) is 1.95. The lowest BCUT2D eigenvalue weighted by Crippen LogP contribution is -1.98. The number of halogens is 1. The molecule has 5 heteroatoms. The number of fused-ring (bicyclic) bond motifs is 1. The lowest BCUT2D eigenvalue weighted by atomic mass is 10.1. The monoisotopic (exact) mass is 257 g/mol. The summed E-state index contributed by atoms with van der Waals surface area (Å²) in [5, 5.41) is 9.12. The Bertz CT molecular complexity index is 779. The maximum absolute atomic E-state index is 13.1. The molecular weight excluding hydrogens is 249 g/mol. The first-order valence-corrected chi connectivity index (χ1v) is 5.54. The van der Waals surface area contributed by atoms with Crippen molar-refractivity contribution < 1.29 is 18.7 Å². The highest BCUT2D eigenvalue weighted by atomic mass is 19.1. The van der Waals surface area contributed by atoms with E-state index in [0.29, 0.717) is 11.1 Å². The van der Waals surface area contributed by atoms with Crippen LogP contribution in [0.25, 0.3) is 22.6 Å². The van der Waals surface area contributed by atoms with E-state index in [9.17, 15) is 9.18 Å². The molecule has 0 amide bonds. The number of benzene rings is 2. The summed E-state index contributed by atoms with van der Waals surface area (Å²) in [4.78, 5) is 15.3. The van der Waals surface area contributed by atoms with Gasteiger partial charge in [-0.3, -0.25) is 0 Å². The second kappa shape index (κ2) is 4.20. The van der Waals surface area contributed by atoms with Crippen LogP contribution in [0.15, 0.2) is 46.9 Å². The summed E-state index contributed by atoms with van der Waals surface area (Å²) in [6.45, 7) is 0. The highest BCUT2D eigenvalue weighted by molar-refractivity contribution is 5.95. The molecule has 0 aliphatic heterocycles. The second-order valence-corrected chi connectivity index (χ2v) is 3.98. The van der Waals surface area contributed by atoms with Crippen LogP contribution in [0.3, 0.4) is 0 Å². The van der Waals surface area contributed by atoms with Gasteiger partial charge in [-0.05, 0) is 24.3 Å². The van der Waals surface area contributed by atoms with E-state index in [0.717, 1.165) is 0 Å². The number of oxazole rings is 1. The zero-order chi connectivity index (χ0) is 13.4. The Hall–Kier alpha value is -2.69. The molecule has 4 nitrogen and oxygen atoms in total. The molecule has 0 atom stereocenters. The smallest absolute Gasteiger partial charge is 0.336 e. The van der Waals surface area contributed by atoms with Gasteiger partial charge in [0.05, 0.1) is 11.1 Å². The molecule has 0 aliphatic rings. The molecule has 0 bridgehead atoms. The predicted octanol–water partition coefficient (Wildman–Crippen LogP) is 3.33. The van der Waals surface area contributed by atoms with Gasteiger partial charge in [0, 0.05) is 6.07 Å². The van der Waals surface area contributed by atoms with Crippen molar-refractivity contribution in [1.29, 1.82) is 0 Å². The molecule has 1 N–H and O–H groups in total. The van der Waals surface area contributed by atoms with Gasteiger partial charge in [0.25, 0.3) is 0 Å². The first kappa shape index (κ1) is 11.4. The van der Waals surface area contributed by atoms with E-state index < -0.39 is 11.8 Å². The minimum absolute atomic E-state index is 0.0922. The van der Waals surface area contributed by atoms with Crippen molar-refractivity contribution in [3.05, 3.63) is 53.8 Å². The summed E-state index contributed by atoms with van der Waals surface area (Å²) in [6, 6.07) is 10.4. The minimum Gasteiger partial charge on any atom is -0.478 e. The van der Waals surface area contributed by atoms with Gasteiger partial charge in [-0.25, -0.2) is 14.2 Å². The molecule has 2 aromatic carbocycles. The number of hydrogen-bond acceptors (Lipinski definition) is 3. The van der Waals surface area contributed by atoms with Gasteiger partial charge < -0.3 is 9.52 Å². The van der Waals surface area contributed by atoms with Crippen molar-refractivity contribution in [2.24, 2.45) is 0 Å². The van der Waals surface area contributed by atoms with Crippen molar-refractivity contribution in [3.63, 3.8) is 0 Å². The lowest BCUT2D eigenvalue weighted by Gasteiger charge is -2.00. The third-order valence-corrected chi connectivity index (χ3v) is 2.74. The summed E-state index contributed by atoms with van der Waals surface area (Å²) in [6.07, 6.45) is 0. The molecule has 3 rings (SSSR count). The first-order chi connectivity index (χ1) is 9.15. The molecule has 1 heterocycles. The van der Waals surface area contributed by atoms with Gasteiger partial charge in [0.15, 0.2) is 5.58 Å². The van der Waals surface area contributed by atoms with Gasteiger partial charge in [-0.1, -0.05) is 12.1 Å². The van der Waals surface area contributed by atoms with E-state index in [1.807, 2.05) is 0 Å². The van der Waals surface area contributed by atoms with Crippen LogP contribution in [0.1, 0.15) is 10.4 Å². The fourth-order valence-corrected chi connectivity index (χ4v) is 1.87. The maximum atomic E-state index is 13.1. The molecule has 94 valence electrons. The van der Waals surface area contributed by atoms with Crippen LogP contribution < -0.4 is 0 Å². The van der Waals surface area contributed by atoms with Crippen LogP contribution >= 0.6 is 0 Å². The normalized spacial score (nSPS) is 10.8. The van der Waals surface area contributed by atoms with E-state index in [-0.39, 0.29) is 17.0 Å². The molecule has 0 unspecified atom stereocenters. The summed E-state index contributed by atoms with van der Waals surface area (Å²) in [5.74, 6) is -1.33. The number of aromatic carboxylic acids is 1. The Balaban J connectivity index is 2.22. The van der Waals surface area contributed by atoms with Gasteiger partial charge in [-0.2, -0.15) is 0 Å². The Labute approximate surface area is 107 Å². The standard InChI is InChI=1S/C14H8FNO3/c15-8-5-6-11-12(7-8)19-13(16-11)9-3-1-2-4-10(9)14(17)18/h1-7H,(H,17,18). The summed E-state index contributed by atoms with van der Waals surface area (Å²) in [5.41, 5.74) is 1.23. The maximum Gasteiger partial charge on any atom is 0.336 e. The number of carboxylic acids is 1. The van der Waals surface area contributed by atoms with Gasteiger partial charge in [0.2, 0.25) is 5.89 Å². The molecule has 0 saturated carbocycles. The van der Waals surface area contributed by atoms with Crippen LogP contribution in [-0.4, -0.2) is 16.1 Å². The Morgan fingerprint density at radius 1 is 1.21 bits per heavy atom. The van der Waals surface area contributed by atoms with Crippen molar-refractivity contribution >= 4 is 17.1 Å². The molecule has 1 aromatic heterocycles. The quantitative estimate of drug-likeness (QED) is 0.764. The molecule has 0 fully saturated rings. The highest BCUT2D eigenvalue weighted by Crippen LogP contribution is 2.27. The third-order valence-electron chi connectivity index (χ3n) is 2.74. The molecular formula is C14H8FNO3. The number of carbonyl (C=O) groups is 1. The van der Waals surface area contributed by atoms with Crippen LogP contribution in [0.5, 0.6) is 0 Å². The van der Waals surface area contributed by atoms with E-state index >= 15 is 0 Å². The summed E-state index contributed by atoms with van der Waals surface area (Å²) < 4.78 is 18.5. The Morgan fingerprint density at radius 3 is 2.79 bits per heavy atom. The largest absolute Gasteiger partial charge is 0.478 e. The van der Waals surface area contributed by atoms with E-state index in [1.54, 1.807) is 18.2 Å². The van der Waals surface area contributed by atoms with Gasteiger partial charge in [0.1, 0.15) is 11.3 Å². The zero-order valence-corrected chi connectivity index (χ0v) is 9.63. The van der Waals surface area contributed by atoms with Crippen molar-refractivity contribution in [3.8, 4) is 11.5 Å². The van der Waals surface area contributed by atoms with Crippen LogP contribution in [-0.2, 0) is 0 Å². The van der Waals surface area contributed by atoms with Crippen LogP contribution in [0.2, 0.25) is 0 Å². The average Bonchev–Trinajstić information content (AvgIpc) is 2.81. The van der Waals surface area contributed by atoms with Gasteiger partial charge in [-0.15, -0.1) is 0 Å². The van der Waals surface area contributed by atoms with Gasteiger partial charge >= 0.3 is 5.97 Å². The molecule has 0 saturated heterocycles. The zero-order valence-electron chi connectivity index (χ0n) is 9.63.